The molecule has 0 spiro atoms. The molecule has 1 aliphatic heterocycles. The van der Waals surface area contributed by atoms with Crippen molar-refractivity contribution in [2.24, 2.45) is 0 Å². The monoisotopic (exact) mass is 379 g/mol. The maximum Gasteiger partial charge on any atom is 0.321 e. The molecule has 8 nitrogen and oxygen atoms in total. The predicted molar refractivity (Wildman–Crippen MR) is 96.7 cm³/mol. The Balaban J connectivity index is 1.72. The van der Waals surface area contributed by atoms with E-state index in [0.717, 1.165) is 17.7 Å². The lowest BCUT2D eigenvalue weighted by Gasteiger charge is -2.23. The number of hydrogen-bond acceptors (Lipinski definition) is 6. The minimum Gasteiger partial charge on any atom is -0.456 e. The van der Waals surface area contributed by atoms with Gasteiger partial charge in [-0.25, -0.2) is 4.79 Å². The summed E-state index contributed by atoms with van der Waals surface area (Å²) in [5.41, 5.74) is 0.709. The fraction of sp³-hybridized carbons (Fsp3) is 0.412. The molecule has 1 aliphatic rings. The number of carbonyl (C=O) groups is 4. The Hall–Kier alpha value is -2.55. The molecule has 1 unspecified atom stereocenters. The Kier molecular flexibility index (Phi) is 7.46. The molecule has 0 saturated heterocycles. The van der Waals surface area contributed by atoms with E-state index in [2.05, 4.69) is 16.0 Å². The number of benzene rings is 1. The van der Waals surface area contributed by atoms with Gasteiger partial charge in [0.05, 0.1) is 17.4 Å². The summed E-state index contributed by atoms with van der Waals surface area (Å²) in [6.07, 6.45) is 1.56. The van der Waals surface area contributed by atoms with E-state index in [1.54, 1.807) is 6.07 Å². The van der Waals surface area contributed by atoms with Gasteiger partial charge in [-0.1, -0.05) is 25.5 Å². The molecule has 3 N–H and O–H groups in total. The van der Waals surface area contributed by atoms with E-state index in [4.69, 9.17) is 4.74 Å². The van der Waals surface area contributed by atoms with Crippen molar-refractivity contribution in [3.05, 3.63) is 24.3 Å². The highest BCUT2D eigenvalue weighted by Crippen LogP contribution is 2.36. The number of hydrogen-bond donors (Lipinski definition) is 3. The third-order valence-corrected chi connectivity index (χ3v) is 4.77. The SMILES string of the molecule is CCCCNC(=O)NC(=O)COC(=O)CC1Sc2ccccc2NC1=O. The molecule has 26 heavy (non-hydrogen) atoms. The summed E-state index contributed by atoms with van der Waals surface area (Å²) in [6, 6.07) is 6.66. The van der Waals surface area contributed by atoms with E-state index in [1.165, 1.54) is 11.8 Å². The van der Waals surface area contributed by atoms with Gasteiger partial charge in [-0.05, 0) is 18.6 Å². The number of imide groups is 1. The highest BCUT2D eigenvalue weighted by molar-refractivity contribution is 8.01. The summed E-state index contributed by atoms with van der Waals surface area (Å²) in [5, 5.41) is 6.69. The van der Waals surface area contributed by atoms with Crippen LogP contribution in [0.5, 0.6) is 0 Å². The van der Waals surface area contributed by atoms with Gasteiger partial charge in [0.15, 0.2) is 6.61 Å². The minimum atomic E-state index is -0.724. The van der Waals surface area contributed by atoms with Gasteiger partial charge in [-0.15, -0.1) is 11.8 Å². The third kappa shape index (κ3) is 6.07. The van der Waals surface area contributed by atoms with E-state index in [1.807, 2.05) is 25.1 Å². The first-order valence-corrected chi connectivity index (χ1v) is 9.17. The lowest BCUT2D eigenvalue weighted by atomic mass is 10.2. The Bertz CT molecular complexity index is 695. The highest BCUT2D eigenvalue weighted by Gasteiger charge is 2.29. The first kappa shape index (κ1) is 19.8. The second-order valence-electron chi connectivity index (χ2n) is 5.61. The van der Waals surface area contributed by atoms with Gasteiger partial charge in [-0.2, -0.15) is 0 Å². The van der Waals surface area contributed by atoms with Gasteiger partial charge >= 0.3 is 12.0 Å². The number of fused-ring (bicyclic) bond motifs is 1. The van der Waals surface area contributed by atoms with Crippen LogP contribution in [0.1, 0.15) is 26.2 Å². The van der Waals surface area contributed by atoms with Gasteiger partial charge in [0.25, 0.3) is 5.91 Å². The minimum absolute atomic E-state index is 0.166. The molecule has 140 valence electrons. The highest BCUT2D eigenvalue weighted by atomic mass is 32.2. The maximum atomic E-state index is 12.0. The average molecular weight is 379 g/mol. The zero-order valence-electron chi connectivity index (χ0n) is 14.4. The molecule has 0 aliphatic carbocycles. The number of rotatable bonds is 7. The predicted octanol–water partition coefficient (Wildman–Crippen LogP) is 1.66. The average Bonchev–Trinajstić information content (AvgIpc) is 2.61. The van der Waals surface area contributed by atoms with E-state index in [0.29, 0.717) is 12.2 Å². The van der Waals surface area contributed by atoms with Gasteiger partial charge in [0.1, 0.15) is 0 Å². The van der Waals surface area contributed by atoms with Crippen LogP contribution in [0.25, 0.3) is 0 Å². The molecule has 1 atom stereocenters. The van der Waals surface area contributed by atoms with Crippen molar-refractivity contribution in [3.63, 3.8) is 0 Å². The lowest BCUT2D eigenvalue weighted by Crippen LogP contribution is -2.42. The Morgan fingerprint density at radius 1 is 1.27 bits per heavy atom. The fourth-order valence-electron chi connectivity index (χ4n) is 2.17. The molecule has 1 aromatic rings. The Morgan fingerprint density at radius 3 is 2.81 bits per heavy atom. The Labute approximate surface area is 155 Å². The maximum absolute atomic E-state index is 12.0. The Morgan fingerprint density at radius 2 is 2.04 bits per heavy atom. The number of ether oxygens (including phenoxy) is 1. The van der Waals surface area contributed by atoms with E-state index < -0.39 is 29.8 Å². The topological polar surface area (TPSA) is 114 Å². The molecule has 2 rings (SSSR count). The van der Waals surface area contributed by atoms with Crippen molar-refractivity contribution >= 4 is 41.3 Å². The van der Waals surface area contributed by atoms with Crippen LogP contribution in [0.4, 0.5) is 10.5 Å². The molecule has 0 aromatic heterocycles. The number of urea groups is 1. The number of para-hydroxylation sites is 1. The molecule has 0 fully saturated rings. The number of esters is 1. The van der Waals surface area contributed by atoms with Gasteiger partial charge in [0, 0.05) is 11.4 Å². The summed E-state index contributed by atoms with van der Waals surface area (Å²) < 4.78 is 4.85. The number of anilines is 1. The number of thioether (sulfide) groups is 1. The molecule has 1 heterocycles. The summed E-state index contributed by atoms with van der Waals surface area (Å²) in [4.78, 5) is 47.8. The van der Waals surface area contributed by atoms with Gasteiger partial charge in [0.2, 0.25) is 5.91 Å². The normalized spacial score (nSPS) is 15.4. The summed E-state index contributed by atoms with van der Waals surface area (Å²) in [7, 11) is 0. The summed E-state index contributed by atoms with van der Waals surface area (Å²) in [5.74, 6) is -1.69. The van der Waals surface area contributed by atoms with Crippen molar-refractivity contribution in [1.29, 1.82) is 0 Å². The van der Waals surface area contributed by atoms with Crippen LogP contribution in [0.3, 0.4) is 0 Å². The van der Waals surface area contributed by atoms with Crippen molar-refractivity contribution in [3.8, 4) is 0 Å². The van der Waals surface area contributed by atoms with Crippen LogP contribution >= 0.6 is 11.8 Å². The zero-order valence-corrected chi connectivity index (χ0v) is 15.2. The summed E-state index contributed by atoms with van der Waals surface area (Å²) in [6.45, 7) is 1.87. The van der Waals surface area contributed by atoms with Crippen molar-refractivity contribution in [1.82, 2.24) is 10.6 Å². The number of nitrogens with one attached hydrogen (secondary N) is 3. The number of carbonyl (C=O) groups excluding carboxylic acids is 4. The molecule has 0 saturated carbocycles. The van der Waals surface area contributed by atoms with Crippen molar-refractivity contribution < 1.29 is 23.9 Å². The van der Waals surface area contributed by atoms with Crippen LogP contribution in [0.15, 0.2) is 29.2 Å². The second-order valence-corrected chi connectivity index (χ2v) is 6.86. The fourth-order valence-corrected chi connectivity index (χ4v) is 3.26. The molecule has 4 amide bonds. The molecule has 0 radical (unpaired) electrons. The van der Waals surface area contributed by atoms with Gasteiger partial charge < -0.3 is 15.4 Å². The quantitative estimate of drug-likeness (QED) is 0.490. The van der Waals surface area contributed by atoms with Crippen LogP contribution in [-0.4, -0.2) is 42.2 Å². The van der Waals surface area contributed by atoms with E-state index >= 15 is 0 Å². The molecular formula is C17H21N3O5S. The van der Waals surface area contributed by atoms with E-state index in [9.17, 15) is 19.2 Å². The second kappa shape index (κ2) is 9.81. The van der Waals surface area contributed by atoms with Crippen LogP contribution in [0, 0.1) is 0 Å². The first-order valence-electron chi connectivity index (χ1n) is 8.29. The zero-order chi connectivity index (χ0) is 18.9. The van der Waals surface area contributed by atoms with E-state index in [-0.39, 0.29) is 12.3 Å². The number of unbranched alkanes of at least 4 members (excludes halogenated alkanes) is 1. The molecule has 1 aromatic carbocycles. The third-order valence-electron chi connectivity index (χ3n) is 3.49. The van der Waals surface area contributed by atoms with Crippen LogP contribution < -0.4 is 16.0 Å². The summed E-state index contributed by atoms with van der Waals surface area (Å²) >= 11 is 1.27. The first-order chi connectivity index (χ1) is 12.5. The van der Waals surface area contributed by atoms with Crippen molar-refractivity contribution in [2.75, 3.05) is 18.5 Å². The van der Waals surface area contributed by atoms with Gasteiger partial charge in [-0.3, -0.25) is 19.7 Å². The van der Waals surface area contributed by atoms with Crippen LogP contribution in [-0.2, 0) is 19.1 Å². The molecule has 9 heteroatoms. The molecule has 0 bridgehead atoms. The van der Waals surface area contributed by atoms with Crippen molar-refractivity contribution in [2.45, 2.75) is 36.3 Å². The molecular weight excluding hydrogens is 358 g/mol. The smallest absolute Gasteiger partial charge is 0.321 e. The van der Waals surface area contributed by atoms with Crippen LogP contribution in [0.2, 0.25) is 0 Å². The standard InChI is InChI=1S/C17H21N3O5S/c1-2-3-8-18-17(24)20-14(21)10-25-15(22)9-13-16(23)19-11-6-4-5-7-12(11)26-13/h4-7,13H,2-3,8-10H2,1H3,(H,19,23)(H2,18,20,21,24). The lowest BCUT2D eigenvalue weighted by molar-refractivity contribution is -0.148. The number of amides is 4. The largest absolute Gasteiger partial charge is 0.456 e.